The van der Waals surface area contributed by atoms with E-state index in [4.69, 9.17) is 20.9 Å². The van der Waals surface area contributed by atoms with Crippen molar-refractivity contribution in [3.63, 3.8) is 0 Å². The number of nitrogen functional groups attached to an aromatic ring is 1. The van der Waals surface area contributed by atoms with E-state index in [0.29, 0.717) is 17.7 Å². The first-order valence-electron chi connectivity index (χ1n) is 16.0. The van der Waals surface area contributed by atoms with Gasteiger partial charge in [-0.25, -0.2) is 14.7 Å². The SMILES string of the molecule is Cc1ccc(-c2cc(C(=O)N3N=C(c4ccc(N)cc4)CC3c3cc(-c4ccccc4)nn3-c3ccccc3)c3ccccc3n2)cc1. The van der Waals surface area contributed by atoms with Crippen molar-refractivity contribution in [2.45, 2.75) is 19.4 Å². The molecule has 0 fully saturated rings. The zero-order chi connectivity index (χ0) is 32.6. The van der Waals surface area contributed by atoms with Crippen LogP contribution in [0.15, 0.2) is 151 Å². The Kier molecular flexibility index (Phi) is 7.34. The van der Waals surface area contributed by atoms with Crippen LogP contribution in [0.25, 0.3) is 39.1 Å². The molecule has 5 aromatic carbocycles. The third-order valence-corrected chi connectivity index (χ3v) is 8.80. The van der Waals surface area contributed by atoms with E-state index in [1.807, 2.05) is 132 Å². The van der Waals surface area contributed by atoms with Gasteiger partial charge in [-0.2, -0.15) is 10.2 Å². The molecule has 7 nitrogen and oxygen atoms in total. The van der Waals surface area contributed by atoms with Gasteiger partial charge in [0.25, 0.3) is 5.91 Å². The summed E-state index contributed by atoms with van der Waals surface area (Å²) in [5, 5.41) is 12.6. The van der Waals surface area contributed by atoms with Crippen LogP contribution in [-0.2, 0) is 0 Å². The topological polar surface area (TPSA) is 89.4 Å². The summed E-state index contributed by atoms with van der Waals surface area (Å²) in [4.78, 5) is 19.9. The fourth-order valence-corrected chi connectivity index (χ4v) is 6.28. The van der Waals surface area contributed by atoms with Gasteiger partial charge >= 0.3 is 0 Å². The fourth-order valence-electron chi connectivity index (χ4n) is 6.28. The van der Waals surface area contributed by atoms with Crippen molar-refractivity contribution in [2.24, 2.45) is 5.10 Å². The number of pyridine rings is 1. The second kappa shape index (κ2) is 12.1. The molecule has 0 aliphatic carbocycles. The molecular weight excluding hydrogens is 592 g/mol. The first-order chi connectivity index (χ1) is 23.5. The monoisotopic (exact) mass is 624 g/mol. The van der Waals surface area contributed by atoms with Gasteiger partial charge in [-0.15, -0.1) is 0 Å². The lowest BCUT2D eigenvalue weighted by atomic mass is 9.99. The fraction of sp³-hybridized carbons (Fsp3) is 0.0732. The number of amides is 1. The highest BCUT2D eigenvalue weighted by Gasteiger charge is 2.37. The minimum atomic E-state index is -0.440. The predicted octanol–water partition coefficient (Wildman–Crippen LogP) is 8.64. The van der Waals surface area contributed by atoms with E-state index < -0.39 is 6.04 Å². The van der Waals surface area contributed by atoms with Gasteiger partial charge in [0, 0.05) is 28.6 Å². The van der Waals surface area contributed by atoms with Crippen molar-refractivity contribution in [2.75, 3.05) is 5.73 Å². The van der Waals surface area contributed by atoms with E-state index in [2.05, 4.69) is 25.1 Å². The van der Waals surface area contributed by atoms with Gasteiger partial charge in [0.1, 0.15) is 6.04 Å². The smallest absolute Gasteiger partial charge is 0.275 e. The normalized spacial score (nSPS) is 14.3. The average molecular weight is 625 g/mol. The minimum absolute atomic E-state index is 0.209. The molecule has 0 saturated carbocycles. The number of aromatic nitrogens is 3. The Labute approximate surface area is 278 Å². The number of benzene rings is 5. The second-order valence-electron chi connectivity index (χ2n) is 12.0. The summed E-state index contributed by atoms with van der Waals surface area (Å²) >= 11 is 0. The van der Waals surface area contributed by atoms with Crippen LogP contribution in [0, 0.1) is 6.92 Å². The molecule has 2 N–H and O–H groups in total. The Morgan fingerprint density at radius 3 is 2.10 bits per heavy atom. The van der Waals surface area contributed by atoms with Gasteiger partial charge in [-0.1, -0.05) is 109 Å². The van der Waals surface area contributed by atoms with E-state index >= 15 is 0 Å². The maximum Gasteiger partial charge on any atom is 0.275 e. The molecule has 1 aliphatic rings. The molecule has 0 saturated heterocycles. The van der Waals surface area contributed by atoms with Crippen LogP contribution in [-0.4, -0.2) is 31.4 Å². The number of hydrazone groups is 1. The lowest BCUT2D eigenvalue weighted by Gasteiger charge is -2.23. The van der Waals surface area contributed by atoms with Gasteiger partial charge in [-0.05, 0) is 55.0 Å². The number of hydrogen-bond donors (Lipinski definition) is 1. The van der Waals surface area contributed by atoms with Crippen LogP contribution in [0.2, 0.25) is 0 Å². The summed E-state index contributed by atoms with van der Waals surface area (Å²) in [5.74, 6) is -0.209. The second-order valence-corrected chi connectivity index (χ2v) is 12.0. The molecule has 1 aliphatic heterocycles. The first kappa shape index (κ1) is 29.1. The quantitative estimate of drug-likeness (QED) is 0.188. The number of nitrogens with two attached hydrogens (primary N) is 1. The average Bonchev–Trinajstić information content (AvgIpc) is 3.78. The molecule has 232 valence electrons. The summed E-state index contributed by atoms with van der Waals surface area (Å²) in [6.45, 7) is 2.06. The molecule has 1 atom stereocenters. The Hall–Kier alpha value is -6.34. The van der Waals surface area contributed by atoms with Gasteiger partial charge < -0.3 is 5.73 Å². The largest absolute Gasteiger partial charge is 0.399 e. The first-order valence-corrected chi connectivity index (χ1v) is 16.0. The van der Waals surface area contributed by atoms with Gasteiger partial charge in [0.2, 0.25) is 0 Å². The minimum Gasteiger partial charge on any atom is -0.399 e. The lowest BCUT2D eigenvalue weighted by Crippen LogP contribution is -2.29. The molecule has 8 rings (SSSR count). The molecule has 2 aromatic heterocycles. The van der Waals surface area contributed by atoms with Crippen molar-refractivity contribution in [1.29, 1.82) is 0 Å². The predicted molar refractivity (Wildman–Crippen MR) is 192 cm³/mol. The van der Waals surface area contributed by atoms with Crippen LogP contribution in [0.5, 0.6) is 0 Å². The molecule has 1 amide bonds. The third-order valence-electron chi connectivity index (χ3n) is 8.80. The number of carbonyl (C=O) groups is 1. The standard InChI is InChI=1S/C41H32N6O/c1-27-16-18-29(19-17-27)36-24-34(33-14-8-9-15-35(33)43-36)41(48)47-40(26-38(45-47)30-20-22-31(42)23-21-30)39-25-37(28-10-4-2-5-11-28)44-46(39)32-12-6-3-7-13-32/h2-25,40H,26,42H2,1H3. The van der Waals surface area contributed by atoms with E-state index in [1.54, 1.807) is 5.01 Å². The van der Waals surface area contributed by atoms with Crippen LogP contribution in [0.1, 0.15) is 39.6 Å². The van der Waals surface area contributed by atoms with Gasteiger partial charge in [0.15, 0.2) is 0 Å². The Morgan fingerprint density at radius 2 is 1.35 bits per heavy atom. The van der Waals surface area contributed by atoms with Crippen LogP contribution < -0.4 is 5.73 Å². The van der Waals surface area contributed by atoms with Gasteiger partial charge in [-0.3, -0.25) is 4.79 Å². The molecule has 1 unspecified atom stereocenters. The highest BCUT2D eigenvalue weighted by atomic mass is 16.2. The number of aryl methyl sites for hydroxylation is 1. The maximum absolute atomic E-state index is 15.0. The number of anilines is 1. The maximum atomic E-state index is 15.0. The molecule has 0 bridgehead atoms. The van der Waals surface area contributed by atoms with E-state index in [9.17, 15) is 4.79 Å². The summed E-state index contributed by atoms with van der Waals surface area (Å²) in [5.41, 5.74) is 16.1. The van der Waals surface area contributed by atoms with Crippen LogP contribution in [0.4, 0.5) is 5.69 Å². The van der Waals surface area contributed by atoms with Crippen LogP contribution in [0.3, 0.4) is 0 Å². The Balaban J connectivity index is 1.30. The number of nitrogens with zero attached hydrogens (tertiary/aromatic N) is 5. The highest BCUT2D eigenvalue weighted by Crippen LogP contribution is 2.38. The van der Waals surface area contributed by atoms with Crippen molar-refractivity contribution < 1.29 is 4.79 Å². The Bertz CT molecular complexity index is 2290. The molecule has 7 aromatic rings. The summed E-state index contributed by atoms with van der Waals surface area (Å²) in [7, 11) is 0. The number of rotatable bonds is 6. The zero-order valence-electron chi connectivity index (χ0n) is 26.4. The number of para-hydroxylation sites is 2. The lowest BCUT2D eigenvalue weighted by molar-refractivity contribution is 0.0708. The Morgan fingerprint density at radius 1 is 0.708 bits per heavy atom. The van der Waals surface area contributed by atoms with Crippen LogP contribution >= 0.6 is 0 Å². The van der Waals surface area contributed by atoms with E-state index in [0.717, 1.165) is 61.6 Å². The van der Waals surface area contributed by atoms with Crippen molar-refractivity contribution in [3.8, 4) is 28.2 Å². The summed E-state index contributed by atoms with van der Waals surface area (Å²) in [6.07, 6.45) is 0.496. The molecule has 7 heteroatoms. The third kappa shape index (κ3) is 5.41. The summed E-state index contributed by atoms with van der Waals surface area (Å²) in [6, 6.07) is 47.3. The molecule has 0 spiro atoms. The summed E-state index contributed by atoms with van der Waals surface area (Å²) < 4.78 is 1.94. The zero-order valence-corrected chi connectivity index (χ0v) is 26.4. The molecular formula is C41H32N6O. The molecule has 48 heavy (non-hydrogen) atoms. The molecule has 0 radical (unpaired) electrons. The number of fused-ring (bicyclic) bond motifs is 1. The van der Waals surface area contributed by atoms with E-state index in [1.165, 1.54) is 0 Å². The van der Waals surface area contributed by atoms with E-state index in [-0.39, 0.29) is 5.91 Å². The van der Waals surface area contributed by atoms with Crippen molar-refractivity contribution >= 4 is 28.2 Å². The van der Waals surface area contributed by atoms with Crippen molar-refractivity contribution in [3.05, 3.63) is 168 Å². The van der Waals surface area contributed by atoms with Gasteiger partial charge in [0.05, 0.1) is 39.6 Å². The number of carbonyl (C=O) groups excluding carboxylic acids is 1. The molecule has 3 heterocycles. The highest BCUT2D eigenvalue weighted by molar-refractivity contribution is 6.10. The number of hydrogen-bond acceptors (Lipinski definition) is 5. The van der Waals surface area contributed by atoms with Crippen molar-refractivity contribution in [1.82, 2.24) is 19.8 Å².